The third-order valence-electron chi connectivity index (χ3n) is 3.09. The van der Waals surface area contributed by atoms with Crippen LogP contribution in [-0.2, 0) is 9.53 Å². The summed E-state index contributed by atoms with van der Waals surface area (Å²) < 4.78 is 5.06. The van der Waals surface area contributed by atoms with Crippen LogP contribution in [0.15, 0.2) is 24.3 Å². The molecule has 0 saturated carbocycles. The molecule has 2 nitrogen and oxygen atoms in total. The molecule has 1 atom stereocenters. The van der Waals surface area contributed by atoms with Crippen LogP contribution in [0.1, 0.15) is 39.0 Å². The van der Waals surface area contributed by atoms with Crippen LogP contribution < -0.4 is 0 Å². The third-order valence-corrected chi connectivity index (χ3v) is 5.66. The van der Waals surface area contributed by atoms with Crippen molar-refractivity contribution in [1.29, 1.82) is 0 Å². The number of allylic oxidation sites excluding steroid dienone is 2. The number of hydrogen-bond acceptors (Lipinski definition) is 2. The van der Waals surface area contributed by atoms with Gasteiger partial charge in [-0.2, -0.15) is 0 Å². The molecular formula is C15H25O2P. The summed E-state index contributed by atoms with van der Waals surface area (Å²) >= 11 is 0. The van der Waals surface area contributed by atoms with Gasteiger partial charge >= 0.3 is 5.97 Å². The lowest BCUT2D eigenvalue weighted by Gasteiger charge is -2.18. The quantitative estimate of drug-likeness (QED) is 0.218. The first-order valence-electron chi connectivity index (χ1n) is 6.90. The van der Waals surface area contributed by atoms with Gasteiger partial charge in [0.1, 0.15) is 0 Å². The minimum Gasteiger partial charge on any atom is -0.462 e. The van der Waals surface area contributed by atoms with Gasteiger partial charge in [-0.15, -0.1) is 7.92 Å². The van der Waals surface area contributed by atoms with Crippen molar-refractivity contribution in [2.75, 3.05) is 25.1 Å². The highest BCUT2D eigenvalue weighted by Gasteiger charge is 2.08. The van der Waals surface area contributed by atoms with Crippen molar-refractivity contribution in [2.24, 2.45) is 0 Å². The molecule has 0 radical (unpaired) electrons. The first-order valence-corrected chi connectivity index (χ1v) is 8.80. The number of hydrogen-bond donors (Lipinski definition) is 0. The highest BCUT2D eigenvalue weighted by molar-refractivity contribution is 7.57. The first-order chi connectivity index (χ1) is 8.70. The molecule has 0 fully saturated rings. The third kappa shape index (κ3) is 6.96. The van der Waals surface area contributed by atoms with Crippen molar-refractivity contribution in [2.45, 2.75) is 39.0 Å². The van der Waals surface area contributed by atoms with Crippen LogP contribution in [0.2, 0.25) is 0 Å². The molecular weight excluding hydrogens is 243 g/mol. The van der Waals surface area contributed by atoms with E-state index in [4.69, 9.17) is 4.74 Å². The summed E-state index contributed by atoms with van der Waals surface area (Å²) in [7, 11) is 0.301. The topological polar surface area (TPSA) is 26.3 Å². The number of carbonyl (C=O) groups excluding carboxylic acids is 1. The standard InChI is InChI=1S/C15H25O2P/c1-14(2)15(16)17-10-6-3-4-7-11-18-12-8-5-9-13-18/h5,8H,1,3-4,6-7,9-13H2,2H3. The van der Waals surface area contributed by atoms with E-state index in [2.05, 4.69) is 18.7 Å². The Hall–Kier alpha value is -0.620. The van der Waals surface area contributed by atoms with Gasteiger partial charge in [0, 0.05) is 5.57 Å². The fraction of sp³-hybridized carbons (Fsp3) is 0.667. The Morgan fingerprint density at radius 2 is 2.06 bits per heavy atom. The number of ether oxygens (including phenoxy) is 1. The molecule has 18 heavy (non-hydrogen) atoms. The number of unbranched alkanes of at least 4 members (excludes halogenated alkanes) is 3. The van der Waals surface area contributed by atoms with Crippen molar-refractivity contribution in [1.82, 2.24) is 0 Å². The molecule has 0 amide bonds. The Bertz CT molecular complexity index is 297. The molecule has 102 valence electrons. The molecule has 1 aliphatic rings. The van der Waals surface area contributed by atoms with Crippen molar-refractivity contribution < 1.29 is 9.53 Å². The average molecular weight is 268 g/mol. The molecule has 3 heteroatoms. The lowest BCUT2D eigenvalue weighted by molar-refractivity contribution is -0.139. The summed E-state index contributed by atoms with van der Waals surface area (Å²) in [5.74, 6) is -0.257. The van der Waals surface area contributed by atoms with Crippen LogP contribution in [0.4, 0.5) is 0 Å². The van der Waals surface area contributed by atoms with E-state index in [1.807, 2.05) is 0 Å². The maximum absolute atomic E-state index is 11.1. The van der Waals surface area contributed by atoms with Crippen LogP contribution in [0, 0.1) is 0 Å². The smallest absolute Gasteiger partial charge is 0.333 e. The second kappa shape index (κ2) is 9.33. The van der Waals surface area contributed by atoms with Gasteiger partial charge in [-0.1, -0.05) is 31.6 Å². The highest BCUT2D eigenvalue weighted by Crippen LogP contribution is 2.39. The SMILES string of the molecule is C=C(C)C(=O)OCCCCCCP1CC=CCC1. The zero-order chi connectivity index (χ0) is 13.2. The minimum atomic E-state index is -0.257. The summed E-state index contributed by atoms with van der Waals surface area (Å²) in [6, 6.07) is 0. The number of carbonyl (C=O) groups is 1. The lowest BCUT2D eigenvalue weighted by Crippen LogP contribution is -2.06. The fourth-order valence-electron chi connectivity index (χ4n) is 1.97. The van der Waals surface area contributed by atoms with Gasteiger partial charge < -0.3 is 4.74 Å². The highest BCUT2D eigenvalue weighted by atomic mass is 31.1. The molecule has 0 spiro atoms. The summed E-state index contributed by atoms with van der Waals surface area (Å²) in [6.45, 7) is 5.79. The van der Waals surface area contributed by atoms with Crippen molar-refractivity contribution in [3.8, 4) is 0 Å². The van der Waals surface area contributed by atoms with E-state index in [9.17, 15) is 4.79 Å². The van der Waals surface area contributed by atoms with Gasteiger partial charge in [0.15, 0.2) is 0 Å². The molecule has 1 heterocycles. The average Bonchev–Trinajstić information content (AvgIpc) is 2.38. The lowest BCUT2D eigenvalue weighted by atomic mass is 10.2. The van der Waals surface area contributed by atoms with E-state index in [0.717, 1.165) is 6.42 Å². The summed E-state index contributed by atoms with van der Waals surface area (Å²) in [4.78, 5) is 11.1. The zero-order valence-electron chi connectivity index (χ0n) is 11.5. The molecule has 1 aliphatic heterocycles. The van der Waals surface area contributed by atoms with Crippen LogP contribution in [0.25, 0.3) is 0 Å². The Morgan fingerprint density at radius 1 is 1.28 bits per heavy atom. The molecule has 0 aromatic heterocycles. The van der Waals surface area contributed by atoms with E-state index >= 15 is 0 Å². The normalized spacial score (nSPS) is 18.6. The molecule has 0 aromatic carbocycles. The van der Waals surface area contributed by atoms with Gasteiger partial charge in [-0.25, -0.2) is 4.79 Å². The largest absolute Gasteiger partial charge is 0.462 e. The van der Waals surface area contributed by atoms with Gasteiger partial charge in [0.2, 0.25) is 0 Å². The number of esters is 1. The Labute approximate surface area is 112 Å². The molecule has 0 aliphatic carbocycles. The molecule has 0 saturated heterocycles. The predicted octanol–water partition coefficient (Wildman–Crippen LogP) is 4.11. The first kappa shape index (κ1) is 15.4. The molecule has 0 bridgehead atoms. The molecule has 1 unspecified atom stereocenters. The summed E-state index contributed by atoms with van der Waals surface area (Å²) in [6.07, 6.45) is 14.9. The van der Waals surface area contributed by atoms with Crippen LogP contribution in [0.5, 0.6) is 0 Å². The van der Waals surface area contributed by atoms with Crippen molar-refractivity contribution in [3.05, 3.63) is 24.3 Å². The van der Waals surface area contributed by atoms with Crippen LogP contribution >= 0.6 is 7.92 Å². The second-order valence-electron chi connectivity index (χ2n) is 4.89. The fourth-order valence-corrected chi connectivity index (χ4v) is 4.19. The van der Waals surface area contributed by atoms with E-state index in [1.54, 1.807) is 6.92 Å². The van der Waals surface area contributed by atoms with Gasteiger partial charge in [0.05, 0.1) is 6.61 Å². The van der Waals surface area contributed by atoms with E-state index in [-0.39, 0.29) is 5.97 Å². The maximum atomic E-state index is 11.1. The molecule has 1 rings (SSSR count). The van der Waals surface area contributed by atoms with Crippen molar-refractivity contribution >= 4 is 13.9 Å². The Morgan fingerprint density at radius 3 is 2.72 bits per heavy atom. The van der Waals surface area contributed by atoms with Crippen molar-refractivity contribution in [3.63, 3.8) is 0 Å². The van der Waals surface area contributed by atoms with E-state index < -0.39 is 0 Å². The Kier molecular flexibility index (Phi) is 8.00. The minimum absolute atomic E-state index is 0.257. The molecule has 0 aromatic rings. The van der Waals surface area contributed by atoms with Gasteiger partial charge in [-0.3, -0.25) is 0 Å². The number of rotatable bonds is 8. The van der Waals surface area contributed by atoms with Crippen LogP contribution in [-0.4, -0.2) is 31.1 Å². The summed E-state index contributed by atoms with van der Waals surface area (Å²) in [5, 5.41) is 0. The second-order valence-corrected chi connectivity index (χ2v) is 7.49. The predicted molar refractivity (Wildman–Crippen MR) is 79.5 cm³/mol. The van der Waals surface area contributed by atoms with Gasteiger partial charge in [-0.05, 0) is 44.7 Å². The van der Waals surface area contributed by atoms with Crippen LogP contribution in [0.3, 0.4) is 0 Å². The molecule has 0 N–H and O–H groups in total. The maximum Gasteiger partial charge on any atom is 0.333 e. The van der Waals surface area contributed by atoms with E-state index in [1.165, 1.54) is 44.2 Å². The van der Waals surface area contributed by atoms with E-state index in [0.29, 0.717) is 20.1 Å². The Balaban J connectivity index is 1.88. The van der Waals surface area contributed by atoms with Gasteiger partial charge in [0.25, 0.3) is 0 Å². The summed E-state index contributed by atoms with van der Waals surface area (Å²) in [5.41, 5.74) is 0.489. The monoisotopic (exact) mass is 268 g/mol. The zero-order valence-corrected chi connectivity index (χ0v) is 12.4.